The molecule has 0 spiro atoms. The Balaban J connectivity index is 1.97. The van der Waals surface area contributed by atoms with Gasteiger partial charge in [-0.25, -0.2) is 0 Å². The van der Waals surface area contributed by atoms with Crippen LogP contribution in [0.1, 0.15) is 17.4 Å². The van der Waals surface area contributed by atoms with Crippen LogP contribution in [0.4, 0.5) is 0 Å². The van der Waals surface area contributed by atoms with Crippen molar-refractivity contribution in [2.45, 2.75) is 19.6 Å². The Morgan fingerprint density at radius 1 is 1.20 bits per heavy atom. The van der Waals surface area contributed by atoms with Crippen LogP contribution >= 0.6 is 11.6 Å². The molecule has 1 heterocycles. The van der Waals surface area contributed by atoms with Crippen LogP contribution in [-0.2, 0) is 6.54 Å². The maximum atomic E-state index is 10.5. The van der Waals surface area contributed by atoms with Crippen LogP contribution in [0, 0.1) is 6.92 Å². The third kappa shape index (κ3) is 2.30. The summed E-state index contributed by atoms with van der Waals surface area (Å²) < 4.78 is 1.73. The van der Waals surface area contributed by atoms with E-state index in [0.717, 1.165) is 22.0 Å². The van der Waals surface area contributed by atoms with Crippen molar-refractivity contribution in [3.8, 4) is 0 Å². The molecule has 0 saturated carbocycles. The summed E-state index contributed by atoms with van der Waals surface area (Å²) in [6.07, 6.45) is 0.989. The summed E-state index contributed by atoms with van der Waals surface area (Å²) in [5.41, 5.74) is 1.78. The van der Waals surface area contributed by atoms with Gasteiger partial charge in [0.15, 0.2) is 0 Å². The van der Waals surface area contributed by atoms with Crippen LogP contribution in [0.2, 0.25) is 5.02 Å². The van der Waals surface area contributed by atoms with Gasteiger partial charge in [-0.05, 0) is 23.3 Å². The smallest absolute Gasteiger partial charge is 0.0991 e. The fourth-order valence-electron chi connectivity index (χ4n) is 2.41. The van der Waals surface area contributed by atoms with Gasteiger partial charge in [0.2, 0.25) is 0 Å². The summed E-state index contributed by atoms with van der Waals surface area (Å²) in [4.78, 5) is 0. The van der Waals surface area contributed by atoms with Gasteiger partial charge in [0.05, 0.1) is 29.6 Å². The fourth-order valence-corrected chi connectivity index (χ4v) is 2.55. The predicted molar refractivity (Wildman–Crippen MR) is 80.9 cm³/mol. The number of halogens is 1. The first kappa shape index (κ1) is 13.2. The SMILES string of the molecule is Cc1c(Cl)cnn1CC(O)c1cccc2ccccc12. The lowest BCUT2D eigenvalue weighted by atomic mass is 10.0. The van der Waals surface area contributed by atoms with Crippen molar-refractivity contribution < 1.29 is 5.11 Å². The normalized spacial score (nSPS) is 12.8. The number of hydrogen-bond acceptors (Lipinski definition) is 2. The van der Waals surface area contributed by atoms with Crippen molar-refractivity contribution in [1.29, 1.82) is 0 Å². The van der Waals surface area contributed by atoms with E-state index < -0.39 is 6.10 Å². The van der Waals surface area contributed by atoms with Crippen LogP contribution in [0.15, 0.2) is 48.7 Å². The van der Waals surface area contributed by atoms with Gasteiger partial charge in [-0.2, -0.15) is 5.10 Å². The Labute approximate surface area is 122 Å². The summed E-state index contributed by atoms with van der Waals surface area (Å²) in [5.74, 6) is 0. The number of rotatable bonds is 3. The molecule has 1 N–H and O–H groups in total. The Morgan fingerprint density at radius 3 is 2.70 bits per heavy atom. The largest absolute Gasteiger partial charge is 0.386 e. The highest BCUT2D eigenvalue weighted by Crippen LogP contribution is 2.26. The molecule has 0 saturated heterocycles. The second kappa shape index (κ2) is 5.27. The minimum atomic E-state index is -0.615. The van der Waals surface area contributed by atoms with Gasteiger partial charge >= 0.3 is 0 Å². The molecule has 0 radical (unpaired) electrons. The number of hydrogen-bond donors (Lipinski definition) is 1. The minimum absolute atomic E-state index is 0.395. The standard InChI is InChI=1S/C16H15ClN2O/c1-11-15(17)9-18-19(11)10-16(20)14-8-4-6-12-5-2-3-7-13(12)14/h2-9,16,20H,10H2,1H3. The van der Waals surface area contributed by atoms with Crippen molar-refractivity contribution in [1.82, 2.24) is 9.78 Å². The van der Waals surface area contributed by atoms with E-state index in [1.807, 2.05) is 49.4 Å². The molecule has 0 aliphatic rings. The van der Waals surface area contributed by atoms with Gasteiger partial charge in [-0.1, -0.05) is 54.1 Å². The van der Waals surface area contributed by atoms with Gasteiger partial charge in [0.1, 0.15) is 0 Å². The van der Waals surface area contributed by atoms with Gasteiger partial charge < -0.3 is 5.11 Å². The quantitative estimate of drug-likeness (QED) is 0.797. The molecule has 102 valence electrons. The number of nitrogens with zero attached hydrogens (tertiary/aromatic N) is 2. The first-order valence-electron chi connectivity index (χ1n) is 6.50. The zero-order chi connectivity index (χ0) is 14.1. The Kier molecular flexibility index (Phi) is 3.47. The molecule has 0 bridgehead atoms. The molecule has 3 aromatic rings. The molecule has 3 rings (SSSR count). The molecule has 0 aliphatic heterocycles. The molecule has 20 heavy (non-hydrogen) atoms. The van der Waals surface area contributed by atoms with Crippen LogP contribution in [0.5, 0.6) is 0 Å². The van der Waals surface area contributed by atoms with Crippen molar-refractivity contribution in [3.63, 3.8) is 0 Å². The maximum Gasteiger partial charge on any atom is 0.0991 e. The lowest BCUT2D eigenvalue weighted by Crippen LogP contribution is -2.11. The van der Waals surface area contributed by atoms with Gasteiger partial charge in [0, 0.05) is 0 Å². The van der Waals surface area contributed by atoms with Crippen molar-refractivity contribution in [3.05, 3.63) is 64.9 Å². The molecule has 3 nitrogen and oxygen atoms in total. The second-order valence-corrected chi connectivity index (χ2v) is 5.25. The molecule has 1 unspecified atom stereocenters. The van der Waals surface area contributed by atoms with Crippen LogP contribution in [-0.4, -0.2) is 14.9 Å². The zero-order valence-electron chi connectivity index (χ0n) is 11.1. The second-order valence-electron chi connectivity index (χ2n) is 4.84. The number of fused-ring (bicyclic) bond motifs is 1. The van der Waals surface area contributed by atoms with Gasteiger partial charge in [0.25, 0.3) is 0 Å². The van der Waals surface area contributed by atoms with Crippen molar-refractivity contribution in [2.75, 3.05) is 0 Å². The van der Waals surface area contributed by atoms with E-state index in [0.29, 0.717) is 11.6 Å². The predicted octanol–water partition coefficient (Wildman–Crippen LogP) is 3.73. The summed E-state index contributed by atoms with van der Waals surface area (Å²) in [7, 11) is 0. The number of benzene rings is 2. The van der Waals surface area contributed by atoms with E-state index in [9.17, 15) is 5.11 Å². The molecule has 0 aliphatic carbocycles. The van der Waals surface area contributed by atoms with E-state index in [-0.39, 0.29) is 0 Å². The summed E-state index contributed by atoms with van der Waals surface area (Å²) in [6, 6.07) is 14.0. The van der Waals surface area contributed by atoms with E-state index >= 15 is 0 Å². The zero-order valence-corrected chi connectivity index (χ0v) is 11.9. The minimum Gasteiger partial charge on any atom is -0.386 e. The van der Waals surface area contributed by atoms with Gasteiger partial charge in [-0.15, -0.1) is 0 Å². The molecular formula is C16H15ClN2O. The third-order valence-corrected chi connectivity index (χ3v) is 3.94. The number of aliphatic hydroxyl groups excluding tert-OH is 1. The van der Waals surface area contributed by atoms with Crippen molar-refractivity contribution in [2.24, 2.45) is 0 Å². The Hall–Kier alpha value is -1.84. The van der Waals surface area contributed by atoms with Crippen LogP contribution in [0.25, 0.3) is 10.8 Å². The molecule has 1 aromatic heterocycles. The first-order chi connectivity index (χ1) is 9.66. The average Bonchev–Trinajstić information content (AvgIpc) is 2.78. The van der Waals surface area contributed by atoms with E-state index in [2.05, 4.69) is 5.10 Å². The molecule has 0 fully saturated rings. The highest BCUT2D eigenvalue weighted by atomic mass is 35.5. The number of aliphatic hydroxyl groups is 1. The van der Waals surface area contributed by atoms with E-state index in [4.69, 9.17) is 11.6 Å². The maximum absolute atomic E-state index is 10.5. The molecule has 1 atom stereocenters. The van der Waals surface area contributed by atoms with Crippen LogP contribution in [0.3, 0.4) is 0 Å². The third-order valence-electron chi connectivity index (χ3n) is 3.57. The summed E-state index contributed by atoms with van der Waals surface area (Å²) >= 11 is 5.99. The van der Waals surface area contributed by atoms with Gasteiger partial charge in [-0.3, -0.25) is 4.68 Å². The van der Waals surface area contributed by atoms with E-state index in [1.165, 1.54) is 0 Å². The van der Waals surface area contributed by atoms with Crippen LogP contribution < -0.4 is 0 Å². The monoisotopic (exact) mass is 286 g/mol. The average molecular weight is 287 g/mol. The summed E-state index contributed by atoms with van der Waals surface area (Å²) in [5, 5.41) is 17.5. The highest BCUT2D eigenvalue weighted by Gasteiger charge is 2.14. The molecular weight excluding hydrogens is 272 g/mol. The highest BCUT2D eigenvalue weighted by molar-refractivity contribution is 6.31. The Bertz CT molecular complexity index is 746. The molecule has 0 amide bonds. The molecule has 2 aromatic carbocycles. The topological polar surface area (TPSA) is 38.0 Å². The summed E-state index contributed by atoms with van der Waals surface area (Å²) in [6.45, 7) is 2.29. The lowest BCUT2D eigenvalue weighted by Gasteiger charge is -2.15. The Morgan fingerprint density at radius 2 is 1.95 bits per heavy atom. The first-order valence-corrected chi connectivity index (χ1v) is 6.88. The lowest BCUT2D eigenvalue weighted by molar-refractivity contribution is 0.152. The number of aromatic nitrogens is 2. The fraction of sp³-hybridized carbons (Fsp3) is 0.188. The molecule has 4 heteroatoms. The van der Waals surface area contributed by atoms with Crippen molar-refractivity contribution >= 4 is 22.4 Å². The van der Waals surface area contributed by atoms with E-state index in [1.54, 1.807) is 10.9 Å².